The fraction of sp³-hybridized carbons (Fsp3) is 0.146. The number of methoxy groups -OCH3 is 3. The Bertz CT molecular complexity index is 2960. The molecule has 0 heterocycles. The molecule has 0 aromatic heterocycles. The van der Waals surface area contributed by atoms with Crippen LogP contribution in [0.1, 0.15) is 29.8 Å². The Morgan fingerprint density at radius 3 is 1.20 bits per heavy atom. The first kappa shape index (κ1) is 57.6. The normalized spacial score (nSPS) is 10.3. The average molecular weight is 1160 g/mol. The van der Waals surface area contributed by atoms with E-state index in [2.05, 4.69) is 20.7 Å². The molecule has 0 saturated carbocycles. The van der Waals surface area contributed by atoms with Gasteiger partial charge in [-0.25, -0.2) is 35.9 Å². The highest BCUT2D eigenvalue weighted by molar-refractivity contribution is 9.10. The van der Waals surface area contributed by atoms with Gasteiger partial charge in [0.25, 0.3) is 5.78 Å². The van der Waals surface area contributed by atoms with Gasteiger partial charge in [-0.2, -0.15) is 0 Å². The van der Waals surface area contributed by atoms with E-state index in [0.717, 1.165) is 54.6 Å². The standard InChI is InChI=1S/C18H13Cl3F2O4.C17H13ClF2O5.C13H8BrClF2O2/c1-3-26-18(24)16(17(20)21)10-7-14(11(19)8-12(10)23)27-13-5-4-9(22)6-15(13)25-2;1-3-24-17(22)16(21)10-7-14(11(18)8-12(10)20)25-13-5-4-9(19)6-15(13)23-2;1-18-13-4-7(16)2-3-11(13)19-12-5-8(14)10(17)6-9(12)15/h4-8H,3H2,1-2H3;4-8H,3H2,1-2H3;2-6H,1H3. The number of Topliss-reactive ketones (excluding diaryl/α,β-unsaturated/α-hetero) is 1. The van der Waals surface area contributed by atoms with Crippen LogP contribution in [0.3, 0.4) is 0 Å². The number of halogens is 12. The lowest BCUT2D eigenvalue weighted by Crippen LogP contribution is -2.18. The maximum Gasteiger partial charge on any atom is 0.379 e. The van der Waals surface area contributed by atoms with Gasteiger partial charge in [-0.05, 0) is 103 Å². The Morgan fingerprint density at radius 2 is 0.817 bits per heavy atom. The maximum absolute atomic E-state index is 14.4. The molecule has 0 bridgehead atoms. The zero-order valence-corrected chi connectivity index (χ0v) is 42.5. The van der Waals surface area contributed by atoms with Gasteiger partial charge < -0.3 is 37.9 Å². The van der Waals surface area contributed by atoms with Gasteiger partial charge in [0.2, 0.25) is 0 Å². The minimum Gasteiger partial charge on any atom is -0.493 e. The number of ether oxygens (including phenoxy) is 8. The largest absolute Gasteiger partial charge is 0.493 e. The third-order valence-corrected chi connectivity index (χ3v) is 10.6. The van der Waals surface area contributed by atoms with Crippen molar-refractivity contribution in [3.05, 3.63) is 161 Å². The van der Waals surface area contributed by atoms with Crippen molar-refractivity contribution in [2.24, 2.45) is 0 Å². The van der Waals surface area contributed by atoms with Crippen molar-refractivity contribution in [1.82, 2.24) is 0 Å². The fourth-order valence-corrected chi connectivity index (χ4v) is 6.74. The third-order valence-electron chi connectivity index (χ3n) is 8.70. The van der Waals surface area contributed by atoms with E-state index < -0.39 is 62.7 Å². The van der Waals surface area contributed by atoms with Crippen LogP contribution in [0.5, 0.6) is 51.7 Å². The average Bonchev–Trinajstić information content (AvgIpc) is 3.32. The van der Waals surface area contributed by atoms with E-state index in [1.54, 1.807) is 6.92 Å². The fourth-order valence-electron chi connectivity index (χ4n) is 5.49. The quantitative estimate of drug-likeness (QED) is 0.0244. The number of carbonyl (C=O) groups excluding carboxylic acids is 3. The molecule has 0 amide bonds. The zero-order valence-electron chi connectivity index (χ0n) is 37.1. The summed E-state index contributed by atoms with van der Waals surface area (Å²) < 4.78 is 122. The molecule has 6 aromatic carbocycles. The molecule has 23 heteroatoms. The van der Waals surface area contributed by atoms with E-state index in [1.165, 1.54) is 64.7 Å². The molecule has 0 N–H and O–H groups in total. The van der Waals surface area contributed by atoms with E-state index >= 15 is 0 Å². The van der Waals surface area contributed by atoms with Crippen LogP contribution in [-0.4, -0.2) is 52.3 Å². The summed E-state index contributed by atoms with van der Waals surface area (Å²) in [6.45, 7) is 3.09. The highest BCUT2D eigenvalue weighted by atomic mass is 79.9. The lowest BCUT2D eigenvalue weighted by Gasteiger charge is -2.14. The van der Waals surface area contributed by atoms with E-state index in [1.807, 2.05) is 0 Å². The summed E-state index contributed by atoms with van der Waals surface area (Å²) in [6, 6.07) is 17.2. The maximum atomic E-state index is 14.4. The first-order valence-corrected chi connectivity index (χ1v) is 22.5. The smallest absolute Gasteiger partial charge is 0.379 e. The van der Waals surface area contributed by atoms with Crippen molar-refractivity contribution < 1.29 is 78.6 Å². The van der Waals surface area contributed by atoms with E-state index in [9.17, 15) is 40.7 Å². The van der Waals surface area contributed by atoms with Crippen LogP contribution in [0.4, 0.5) is 26.3 Å². The van der Waals surface area contributed by atoms with Crippen molar-refractivity contribution >= 4 is 97.2 Å². The number of benzene rings is 6. The summed E-state index contributed by atoms with van der Waals surface area (Å²) in [6.07, 6.45) is 0. The number of rotatable bonds is 15. The molecule has 0 radical (unpaired) electrons. The minimum absolute atomic E-state index is 0.0318. The summed E-state index contributed by atoms with van der Waals surface area (Å²) >= 11 is 32.3. The van der Waals surface area contributed by atoms with Crippen LogP contribution < -0.4 is 28.4 Å². The summed E-state index contributed by atoms with van der Waals surface area (Å²) in [5, 5.41) is -0.145. The van der Waals surface area contributed by atoms with E-state index in [-0.39, 0.29) is 95.6 Å². The molecule has 11 nitrogen and oxygen atoms in total. The molecule has 71 heavy (non-hydrogen) atoms. The molecular formula is C48H34BrCl5F6O11. The van der Waals surface area contributed by atoms with Crippen molar-refractivity contribution in [2.75, 3.05) is 34.5 Å². The first-order chi connectivity index (χ1) is 33.7. The molecule has 0 atom stereocenters. The summed E-state index contributed by atoms with van der Waals surface area (Å²) in [4.78, 5) is 35.5. The van der Waals surface area contributed by atoms with Gasteiger partial charge in [-0.15, -0.1) is 0 Å². The van der Waals surface area contributed by atoms with Crippen LogP contribution in [0, 0.1) is 34.9 Å². The molecule has 0 aliphatic heterocycles. The van der Waals surface area contributed by atoms with Crippen LogP contribution in [0.25, 0.3) is 5.57 Å². The van der Waals surface area contributed by atoms with Gasteiger partial charge in [0.1, 0.15) is 62.2 Å². The van der Waals surface area contributed by atoms with Gasteiger partial charge in [-0.3, -0.25) is 4.79 Å². The second-order valence-corrected chi connectivity index (χ2v) is 16.3. The zero-order chi connectivity index (χ0) is 52.7. The number of hydrogen-bond acceptors (Lipinski definition) is 11. The highest BCUT2D eigenvalue weighted by Crippen LogP contribution is 2.41. The van der Waals surface area contributed by atoms with Gasteiger partial charge >= 0.3 is 11.9 Å². The van der Waals surface area contributed by atoms with E-state index in [0.29, 0.717) is 0 Å². The van der Waals surface area contributed by atoms with Gasteiger partial charge in [0.15, 0.2) is 34.5 Å². The van der Waals surface area contributed by atoms with Gasteiger partial charge in [-0.1, -0.05) is 58.0 Å². The molecule has 0 aliphatic carbocycles. The first-order valence-electron chi connectivity index (χ1n) is 19.8. The molecular weight excluding hydrogens is 1120 g/mol. The highest BCUT2D eigenvalue weighted by Gasteiger charge is 2.26. The Balaban J connectivity index is 0.000000235. The Hall–Kier alpha value is -6.02. The number of ketones is 1. The summed E-state index contributed by atoms with van der Waals surface area (Å²) in [7, 11) is 4.03. The summed E-state index contributed by atoms with van der Waals surface area (Å²) in [5.74, 6) is -6.21. The predicted octanol–water partition coefficient (Wildman–Crippen LogP) is 15.5. The van der Waals surface area contributed by atoms with Crippen LogP contribution in [0.2, 0.25) is 15.1 Å². The summed E-state index contributed by atoms with van der Waals surface area (Å²) in [5.41, 5.74) is -1.21. The topological polar surface area (TPSA) is 125 Å². The number of esters is 2. The van der Waals surface area contributed by atoms with Gasteiger partial charge in [0, 0.05) is 23.8 Å². The number of carbonyl (C=O) groups is 3. The van der Waals surface area contributed by atoms with Crippen molar-refractivity contribution in [3.8, 4) is 51.7 Å². The SMILES string of the molecule is CCOC(=O)C(=C(Cl)Cl)c1cc(Oc2ccc(F)cc2OC)c(Cl)cc1F.CCOC(=O)C(=O)c1cc(Oc2ccc(F)cc2OC)c(Cl)cc1F.COc1cc(F)ccc1Oc1cc(Br)c(F)cc1Cl. The predicted molar refractivity (Wildman–Crippen MR) is 257 cm³/mol. The number of hydrogen-bond donors (Lipinski definition) is 0. The molecule has 0 unspecified atom stereocenters. The van der Waals surface area contributed by atoms with Crippen LogP contribution in [-0.2, 0) is 19.1 Å². The van der Waals surface area contributed by atoms with Crippen molar-refractivity contribution in [2.45, 2.75) is 13.8 Å². The molecule has 0 aliphatic rings. The Kier molecular flexibility index (Phi) is 21.9. The second-order valence-electron chi connectivity index (χ2n) is 13.3. The van der Waals surface area contributed by atoms with Crippen molar-refractivity contribution in [1.29, 1.82) is 0 Å². The molecule has 0 saturated heterocycles. The molecule has 0 fully saturated rings. The lowest BCUT2D eigenvalue weighted by atomic mass is 10.1. The third kappa shape index (κ3) is 15.7. The molecule has 6 rings (SSSR count). The monoisotopic (exact) mass is 1150 g/mol. The second kappa shape index (κ2) is 27.0. The molecule has 6 aromatic rings. The van der Waals surface area contributed by atoms with Crippen LogP contribution >= 0.6 is 73.9 Å². The lowest BCUT2D eigenvalue weighted by molar-refractivity contribution is -0.137. The Morgan fingerprint density at radius 1 is 0.465 bits per heavy atom. The van der Waals surface area contributed by atoms with Gasteiger partial charge in [0.05, 0.1) is 59.6 Å². The minimum atomic E-state index is -1.20. The molecule has 376 valence electrons. The van der Waals surface area contributed by atoms with E-state index in [4.69, 9.17) is 91.2 Å². The molecule has 0 spiro atoms. The van der Waals surface area contributed by atoms with Crippen molar-refractivity contribution in [3.63, 3.8) is 0 Å². The van der Waals surface area contributed by atoms with Crippen LogP contribution in [0.15, 0.2) is 100.0 Å². The Labute approximate surface area is 434 Å².